The van der Waals surface area contributed by atoms with E-state index in [1.54, 1.807) is 14.2 Å². The van der Waals surface area contributed by atoms with E-state index in [1.807, 2.05) is 18.2 Å². The number of nitrogens with zero attached hydrogens (tertiary/aromatic N) is 1. The van der Waals surface area contributed by atoms with E-state index in [0.717, 1.165) is 55.8 Å². The van der Waals surface area contributed by atoms with Crippen LogP contribution in [-0.2, 0) is 20.7 Å². The van der Waals surface area contributed by atoms with Gasteiger partial charge in [-0.05, 0) is 43.4 Å². The average molecular weight is 408 g/mol. The maximum atomic E-state index is 11.3. The molecule has 1 saturated heterocycles. The lowest BCUT2D eigenvalue weighted by atomic mass is 9.91. The summed E-state index contributed by atoms with van der Waals surface area (Å²) in [5.41, 5.74) is 1.16. The number of hydrogen-bond donors (Lipinski definition) is 1. The molecule has 1 saturated carbocycles. The first-order valence-corrected chi connectivity index (χ1v) is 10.5. The highest BCUT2D eigenvalue weighted by Crippen LogP contribution is 2.30. The second-order valence-corrected chi connectivity index (χ2v) is 7.75. The zero-order valence-corrected chi connectivity index (χ0v) is 17.5. The predicted octanol–water partition coefficient (Wildman–Crippen LogP) is 2.18. The van der Waals surface area contributed by atoms with Crippen molar-refractivity contribution in [2.75, 3.05) is 40.5 Å². The topological polar surface area (TPSA) is 77.5 Å². The molecule has 2 fully saturated rings. The lowest BCUT2D eigenvalue weighted by molar-refractivity contribution is -0.151. The summed E-state index contributed by atoms with van der Waals surface area (Å²) in [6.45, 7) is 1.74. The third-order valence-electron chi connectivity index (χ3n) is 5.91. The van der Waals surface area contributed by atoms with Gasteiger partial charge in [0.25, 0.3) is 0 Å². The largest absolute Gasteiger partial charge is 0.493 e. The summed E-state index contributed by atoms with van der Waals surface area (Å²) in [6, 6.07) is 6.34. The molecule has 29 heavy (non-hydrogen) atoms. The second kappa shape index (κ2) is 10.8. The van der Waals surface area contributed by atoms with Crippen LogP contribution in [0.4, 0.5) is 0 Å². The minimum absolute atomic E-state index is 0.121. The lowest BCUT2D eigenvalue weighted by Crippen LogP contribution is -2.46. The number of benzene rings is 1. The molecular weight excluding hydrogens is 374 g/mol. The molecule has 0 unspecified atom stereocenters. The lowest BCUT2D eigenvalue weighted by Gasteiger charge is -2.37. The highest BCUT2D eigenvalue weighted by atomic mass is 16.6. The Bertz CT molecular complexity index is 667. The summed E-state index contributed by atoms with van der Waals surface area (Å²) in [6.07, 6.45) is 6.29. The Hall–Kier alpha value is -1.83. The van der Waals surface area contributed by atoms with Crippen molar-refractivity contribution >= 4 is 5.97 Å². The van der Waals surface area contributed by atoms with Crippen LogP contribution in [-0.4, -0.2) is 74.7 Å². The van der Waals surface area contributed by atoms with Crippen LogP contribution in [0.1, 0.15) is 37.7 Å². The molecule has 162 valence electrons. The van der Waals surface area contributed by atoms with Gasteiger partial charge < -0.3 is 24.1 Å². The van der Waals surface area contributed by atoms with Crippen LogP contribution in [0.15, 0.2) is 18.2 Å². The first-order valence-electron chi connectivity index (χ1n) is 10.5. The van der Waals surface area contributed by atoms with Gasteiger partial charge in [0, 0.05) is 19.1 Å². The normalized spacial score (nSPS) is 25.0. The molecule has 1 aliphatic carbocycles. The number of hydrogen-bond acceptors (Lipinski definition) is 7. The van der Waals surface area contributed by atoms with Crippen LogP contribution in [0, 0.1) is 0 Å². The maximum absolute atomic E-state index is 11.3. The monoisotopic (exact) mass is 407 g/mol. The van der Waals surface area contributed by atoms with Crippen molar-refractivity contribution in [2.45, 2.75) is 56.8 Å². The number of rotatable bonds is 9. The molecule has 1 aromatic carbocycles. The van der Waals surface area contributed by atoms with E-state index in [1.165, 1.54) is 12.8 Å². The maximum Gasteiger partial charge on any atom is 0.332 e. The van der Waals surface area contributed by atoms with Crippen LogP contribution < -0.4 is 9.47 Å². The molecule has 0 radical (unpaired) electrons. The van der Waals surface area contributed by atoms with E-state index >= 15 is 0 Å². The summed E-state index contributed by atoms with van der Waals surface area (Å²) >= 11 is 0. The summed E-state index contributed by atoms with van der Waals surface area (Å²) in [5, 5.41) is 8.88. The minimum Gasteiger partial charge on any atom is -0.493 e. The van der Waals surface area contributed by atoms with Crippen molar-refractivity contribution in [2.24, 2.45) is 0 Å². The van der Waals surface area contributed by atoms with E-state index in [0.29, 0.717) is 12.6 Å². The first kappa shape index (κ1) is 21.9. The van der Waals surface area contributed by atoms with Crippen molar-refractivity contribution < 1.29 is 28.8 Å². The van der Waals surface area contributed by atoms with Crippen LogP contribution in [0.25, 0.3) is 0 Å². The molecule has 2 aliphatic rings. The SMILES string of the molecule is COc1ccc(CCO[C@@H]2CCCC[C@H]2N2CC[C@@H](OC(=O)CO)C2)cc1OC. The van der Waals surface area contributed by atoms with Gasteiger partial charge >= 0.3 is 5.97 Å². The van der Waals surface area contributed by atoms with Crippen molar-refractivity contribution in [3.05, 3.63) is 23.8 Å². The quantitative estimate of drug-likeness (QED) is 0.629. The van der Waals surface area contributed by atoms with Gasteiger partial charge in [-0.25, -0.2) is 4.79 Å². The fourth-order valence-electron chi connectivity index (χ4n) is 4.43. The van der Waals surface area contributed by atoms with Crippen LogP contribution in [0.5, 0.6) is 11.5 Å². The molecule has 1 aromatic rings. The van der Waals surface area contributed by atoms with E-state index in [9.17, 15) is 4.79 Å². The third-order valence-corrected chi connectivity index (χ3v) is 5.91. The minimum atomic E-state index is -0.554. The summed E-state index contributed by atoms with van der Waals surface area (Å²) in [7, 11) is 3.28. The fourth-order valence-corrected chi connectivity index (χ4v) is 4.43. The molecular formula is C22H33NO6. The van der Waals surface area contributed by atoms with Gasteiger partial charge in [0.05, 0.1) is 26.9 Å². The van der Waals surface area contributed by atoms with Crippen LogP contribution in [0.2, 0.25) is 0 Å². The molecule has 1 heterocycles. The van der Waals surface area contributed by atoms with E-state index < -0.39 is 12.6 Å². The Morgan fingerprint density at radius 2 is 1.93 bits per heavy atom. The van der Waals surface area contributed by atoms with Gasteiger partial charge in [0.15, 0.2) is 11.5 Å². The molecule has 7 nitrogen and oxygen atoms in total. The van der Waals surface area contributed by atoms with Gasteiger partial charge in [0.2, 0.25) is 0 Å². The number of esters is 1. The van der Waals surface area contributed by atoms with Gasteiger partial charge in [0.1, 0.15) is 12.7 Å². The zero-order chi connectivity index (χ0) is 20.6. The molecule has 0 bridgehead atoms. The standard InChI is InChI=1S/C22H33NO6/c1-26-20-8-7-16(13-21(20)27-2)10-12-28-19-6-4-3-5-18(19)23-11-9-17(14-23)29-22(25)15-24/h7-8,13,17-19,24H,3-6,9-12,14-15H2,1-2H3/t17-,18-,19-/m1/s1. The second-order valence-electron chi connectivity index (χ2n) is 7.75. The third kappa shape index (κ3) is 5.84. The molecule has 7 heteroatoms. The fraction of sp³-hybridized carbons (Fsp3) is 0.682. The molecule has 1 N–H and O–H groups in total. The van der Waals surface area contributed by atoms with E-state index in [2.05, 4.69) is 4.90 Å². The Morgan fingerprint density at radius 1 is 1.14 bits per heavy atom. The number of aliphatic hydroxyl groups excluding tert-OH is 1. The Balaban J connectivity index is 1.51. The Kier molecular flexibility index (Phi) is 8.15. The Morgan fingerprint density at radius 3 is 2.69 bits per heavy atom. The molecule has 1 aliphatic heterocycles. The first-order chi connectivity index (χ1) is 14.1. The van der Waals surface area contributed by atoms with Gasteiger partial charge in [-0.15, -0.1) is 0 Å². The van der Waals surface area contributed by atoms with Crippen molar-refractivity contribution in [3.8, 4) is 11.5 Å². The number of likely N-dealkylation sites (tertiary alicyclic amines) is 1. The predicted molar refractivity (Wildman–Crippen MR) is 108 cm³/mol. The highest BCUT2D eigenvalue weighted by Gasteiger charge is 2.36. The smallest absolute Gasteiger partial charge is 0.332 e. The van der Waals surface area contributed by atoms with Crippen molar-refractivity contribution in [1.82, 2.24) is 4.90 Å². The van der Waals surface area contributed by atoms with Crippen molar-refractivity contribution in [1.29, 1.82) is 0 Å². The summed E-state index contributed by atoms with van der Waals surface area (Å²) in [5.74, 6) is 0.930. The van der Waals surface area contributed by atoms with Crippen molar-refractivity contribution in [3.63, 3.8) is 0 Å². The molecule has 0 spiro atoms. The summed E-state index contributed by atoms with van der Waals surface area (Å²) < 4.78 is 22.3. The van der Waals surface area contributed by atoms with E-state index in [-0.39, 0.29) is 12.2 Å². The van der Waals surface area contributed by atoms with Crippen LogP contribution >= 0.6 is 0 Å². The van der Waals surface area contributed by atoms with E-state index in [4.69, 9.17) is 24.1 Å². The zero-order valence-electron chi connectivity index (χ0n) is 17.5. The summed E-state index contributed by atoms with van der Waals surface area (Å²) in [4.78, 5) is 13.7. The number of carbonyl (C=O) groups is 1. The molecule has 0 amide bonds. The van der Waals surface area contributed by atoms with Gasteiger partial charge in [-0.3, -0.25) is 4.90 Å². The Labute approximate surface area is 172 Å². The molecule has 0 aromatic heterocycles. The number of methoxy groups -OCH3 is 2. The molecule has 3 rings (SSSR count). The van der Waals surface area contributed by atoms with Crippen LogP contribution in [0.3, 0.4) is 0 Å². The van der Waals surface area contributed by atoms with Gasteiger partial charge in [-0.1, -0.05) is 18.9 Å². The number of aliphatic hydroxyl groups is 1. The average Bonchev–Trinajstić information content (AvgIpc) is 3.22. The number of carbonyl (C=O) groups excluding carboxylic acids is 1. The highest BCUT2D eigenvalue weighted by molar-refractivity contribution is 5.70. The number of ether oxygens (including phenoxy) is 4. The molecule has 3 atom stereocenters. The van der Waals surface area contributed by atoms with Gasteiger partial charge in [-0.2, -0.15) is 0 Å².